The first kappa shape index (κ1) is 10.9. The lowest BCUT2D eigenvalue weighted by molar-refractivity contribution is -0.150. The number of carboxylic acid groups (broad SMARTS) is 1. The molecule has 0 heterocycles. The number of carbonyl (C=O) groups excluding carboxylic acids is 1. The SMILES string of the molecule is COC(=O)C(C)C(O)CC(=O)O. The van der Waals surface area contributed by atoms with Crippen LogP contribution in [0.1, 0.15) is 13.3 Å². The largest absolute Gasteiger partial charge is 0.481 e. The Hall–Kier alpha value is -1.10. The third-order valence-corrected chi connectivity index (χ3v) is 1.53. The van der Waals surface area contributed by atoms with Crippen molar-refractivity contribution in [3.8, 4) is 0 Å². The number of methoxy groups -OCH3 is 1. The molecule has 0 fully saturated rings. The van der Waals surface area contributed by atoms with Crippen LogP contribution >= 0.6 is 0 Å². The van der Waals surface area contributed by atoms with Crippen LogP contribution in [0.2, 0.25) is 0 Å². The zero-order chi connectivity index (χ0) is 9.72. The topological polar surface area (TPSA) is 83.8 Å². The minimum atomic E-state index is -1.19. The Labute approximate surface area is 70.0 Å². The second-order valence-corrected chi connectivity index (χ2v) is 2.48. The molecule has 0 rings (SSSR count). The van der Waals surface area contributed by atoms with Gasteiger partial charge in [-0.05, 0) is 6.92 Å². The highest BCUT2D eigenvalue weighted by Gasteiger charge is 2.24. The van der Waals surface area contributed by atoms with E-state index in [0.717, 1.165) is 0 Å². The first-order valence-electron chi connectivity index (χ1n) is 3.46. The van der Waals surface area contributed by atoms with Gasteiger partial charge in [-0.15, -0.1) is 0 Å². The number of aliphatic hydroxyl groups is 1. The zero-order valence-electron chi connectivity index (χ0n) is 6.98. The molecular formula is C7H12O5. The summed E-state index contributed by atoms with van der Waals surface area (Å²) in [5.74, 6) is -2.55. The second kappa shape index (κ2) is 4.71. The van der Waals surface area contributed by atoms with Crippen molar-refractivity contribution in [1.82, 2.24) is 0 Å². The molecule has 5 heteroatoms. The molecule has 0 amide bonds. The maximum atomic E-state index is 10.8. The first-order chi connectivity index (χ1) is 5.49. The van der Waals surface area contributed by atoms with Crippen molar-refractivity contribution < 1.29 is 24.5 Å². The molecule has 0 spiro atoms. The summed E-state index contributed by atoms with van der Waals surface area (Å²) in [7, 11) is 1.19. The number of carbonyl (C=O) groups is 2. The molecule has 0 aromatic carbocycles. The summed E-state index contributed by atoms with van der Waals surface area (Å²) in [6.45, 7) is 1.42. The van der Waals surface area contributed by atoms with E-state index in [-0.39, 0.29) is 0 Å². The standard InChI is InChI=1S/C7H12O5/c1-4(7(11)12-2)5(8)3-6(9)10/h4-5,8H,3H2,1-2H3,(H,9,10). The van der Waals surface area contributed by atoms with E-state index in [9.17, 15) is 9.59 Å². The molecule has 0 aliphatic carbocycles. The van der Waals surface area contributed by atoms with E-state index in [1.165, 1.54) is 14.0 Å². The van der Waals surface area contributed by atoms with Crippen molar-refractivity contribution in [2.45, 2.75) is 19.4 Å². The zero-order valence-corrected chi connectivity index (χ0v) is 6.98. The fraction of sp³-hybridized carbons (Fsp3) is 0.714. The van der Waals surface area contributed by atoms with Gasteiger partial charge in [0.2, 0.25) is 0 Å². The van der Waals surface area contributed by atoms with Gasteiger partial charge in [0.05, 0.1) is 25.6 Å². The maximum Gasteiger partial charge on any atom is 0.311 e. The van der Waals surface area contributed by atoms with E-state index in [1.54, 1.807) is 0 Å². The van der Waals surface area contributed by atoms with Crippen LogP contribution in [0.3, 0.4) is 0 Å². The smallest absolute Gasteiger partial charge is 0.311 e. The number of hydrogen-bond acceptors (Lipinski definition) is 4. The van der Waals surface area contributed by atoms with Crippen LogP contribution in [0.25, 0.3) is 0 Å². The van der Waals surface area contributed by atoms with Crippen LogP contribution in [0.5, 0.6) is 0 Å². The first-order valence-corrected chi connectivity index (χ1v) is 3.46. The molecule has 0 aliphatic heterocycles. The van der Waals surface area contributed by atoms with Gasteiger partial charge in [0.15, 0.2) is 0 Å². The highest BCUT2D eigenvalue weighted by molar-refractivity contribution is 5.74. The second-order valence-electron chi connectivity index (χ2n) is 2.48. The summed E-state index contributed by atoms with van der Waals surface area (Å²) in [4.78, 5) is 20.9. The van der Waals surface area contributed by atoms with Crippen molar-refractivity contribution >= 4 is 11.9 Å². The Bertz CT molecular complexity index is 177. The number of hydrogen-bond donors (Lipinski definition) is 2. The predicted octanol–water partition coefficient (Wildman–Crippen LogP) is -0.369. The quantitative estimate of drug-likeness (QED) is 0.571. The van der Waals surface area contributed by atoms with Crippen LogP contribution in [-0.4, -0.2) is 35.4 Å². The molecule has 2 unspecified atom stereocenters. The van der Waals surface area contributed by atoms with E-state index in [2.05, 4.69) is 4.74 Å². The van der Waals surface area contributed by atoms with Gasteiger partial charge in [0, 0.05) is 0 Å². The van der Waals surface area contributed by atoms with Crippen LogP contribution in [0, 0.1) is 5.92 Å². The van der Waals surface area contributed by atoms with Gasteiger partial charge in [-0.2, -0.15) is 0 Å². The number of esters is 1. The van der Waals surface area contributed by atoms with Gasteiger partial charge in [-0.3, -0.25) is 9.59 Å². The van der Waals surface area contributed by atoms with Crippen molar-refractivity contribution in [2.24, 2.45) is 5.92 Å². The molecule has 70 valence electrons. The van der Waals surface area contributed by atoms with Gasteiger partial charge >= 0.3 is 11.9 Å². The fourth-order valence-corrected chi connectivity index (χ4v) is 0.699. The molecule has 0 saturated heterocycles. The molecular weight excluding hydrogens is 164 g/mol. The van der Waals surface area contributed by atoms with Gasteiger partial charge in [-0.1, -0.05) is 0 Å². The van der Waals surface area contributed by atoms with E-state index in [1.807, 2.05) is 0 Å². The summed E-state index contributed by atoms with van der Waals surface area (Å²) in [6, 6.07) is 0. The molecule has 2 N–H and O–H groups in total. The lowest BCUT2D eigenvalue weighted by Crippen LogP contribution is -2.28. The van der Waals surface area contributed by atoms with E-state index in [4.69, 9.17) is 10.2 Å². The van der Waals surface area contributed by atoms with Gasteiger partial charge in [0.25, 0.3) is 0 Å². The normalized spacial score (nSPS) is 14.9. The van der Waals surface area contributed by atoms with Crippen molar-refractivity contribution in [3.05, 3.63) is 0 Å². The lowest BCUT2D eigenvalue weighted by atomic mass is 10.0. The van der Waals surface area contributed by atoms with E-state index in [0.29, 0.717) is 0 Å². The number of ether oxygens (including phenoxy) is 1. The van der Waals surface area contributed by atoms with Gasteiger partial charge in [-0.25, -0.2) is 0 Å². The third-order valence-electron chi connectivity index (χ3n) is 1.53. The monoisotopic (exact) mass is 176 g/mol. The van der Waals surface area contributed by atoms with E-state index >= 15 is 0 Å². The maximum absolute atomic E-state index is 10.8. The molecule has 12 heavy (non-hydrogen) atoms. The molecule has 5 nitrogen and oxygen atoms in total. The highest BCUT2D eigenvalue weighted by atomic mass is 16.5. The van der Waals surface area contributed by atoms with Crippen LogP contribution < -0.4 is 0 Å². The number of rotatable bonds is 4. The lowest BCUT2D eigenvalue weighted by Gasteiger charge is -2.13. The molecule has 0 aromatic rings. The summed E-state index contributed by atoms with van der Waals surface area (Å²) in [5, 5.41) is 17.4. The number of carboxylic acids is 1. The average molecular weight is 176 g/mol. The summed E-state index contributed by atoms with van der Waals surface area (Å²) in [5.41, 5.74) is 0. The molecule has 0 radical (unpaired) electrons. The van der Waals surface area contributed by atoms with E-state index < -0.39 is 30.4 Å². The Morgan fingerprint density at radius 2 is 2.00 bits per heavy atom. The average Bonchev–Trinajstić information content (AvgIpc) is 2.00. The van der Waals surface area contributed by atoms with Crippen LogP contribution in [-0.2, 0) is 14.3 Å². The summed E-state index contributed by atoms with van der Waals surface area (Å²) < 4.78 is 4.32. The van der Waals surface area contributed by atoms with Crippen LogP contribution in [0.4, 0.5) is 0 Å². The van der Waals surface area contributed by atoms with Crippen molar-refractivity contribution in [2.75, 3.05) is 7.11 Å². The van der Waals surface area contributed by atoms with Crippen molar-refractivity contribution in [3.63, 3.8) is 0 Å². The third kappa shape index (κ3) is 3.34. The minimum absolute atomic E-state index is 0.448. The Balaban J connectivity index is 4.00. The number of aliphatic hydroxyl groups excluding tert-OH is 1. The Kier molecular flexibility index (Phi) is 4.28. The summed E-state index contributed by atoms with van der Waals surface area (Å²) >= 11 is 0. The van der Waals surface area contributed by atoms with Crippen LogP contribution in [0.15, 0.2) is 0 Å². The fourth-order valence-electron chi connectivity index (χ4n) is 0.699. The molecule has 2 atom stereocenters. The molecule has 0 saturated carbocycles. The van der Waals surface area contributed by atoms with Gasteiger partial charge < -0.3 is 14.9 Å². The number of aliphatic carboxylic acids is 1. The van der Waals surface area contributed by atoms with Gasteiger partial charge in [0.1, 0.15) is 0 Å². The Morgan fingerprint density at radius 1 is 1.50 bits per heavy atom. The summed E-state index contributed by atoms with van der Waals surface area (Å²) in [6.07, 6.45) is -1.63. The van der Waals surface area contributed by atoms with Crippen molar-refractivity contribution in [1.29, 1.82) is 0 Å². The predicted molar refractivity (Wildman–Crippen MR) is 39.4 cm³/mol. The highest BCUT2D eigenvalue weighted by Crippen LogP contribution is 2.08. The minimum Gasteiger partial charge on any atom is -0.481 e. The molecule has 0 aliphatic rings. The molecule has 0 bridgehead atoms. The molecule has 0 aromatic heterocycles. The Morgan fingerprint density at radius 3 is 2.33 bits per heavy atom.